The van der Waals surface area contributed by atoms with Crippen molar-refractivity contribution in [3.8, 4) is 11.5 Å². The second-order valence-corrected chi connectivity index (χ2v) is 6.40. The van der Waals surface area contributed by atoms with E-state index < -0.39 is 16.9 Å². The molecule has 31 heavy (non-hydrogen) atoms. The van der Waals surface area contributed by atoms with Crippen molar-refractivity contribution in [1.29, 1.82) is 0 Å². The van der Waals surface area contributed by atoms with Gasteiger partial charge in [-0.25, -0.2) is 19.5 Å². The predicted octanol–water partition coefficient (Wildman–Crippen LogP) is 3.27. The number of anilines is 2. The van der Waals surface area contributed by atoms with Gasteiger partial charge in [-0.05, 0) is 25.1 Å². The molecule has 11 nitrogen and oxygen atoms in total. The first-order chi connectivity index (χ1) is 14.9. The zero-order valence-corrected chi connectivity index (χ0v) is 16.2. The van der Waals surface area contributed by atoms with Gasteiger partial charge in [-0.2, -0.15) is 0 Å². The van der Waals surface area contributed by atoms with Gasteiger partial charge < -0.3 is 19.9 Å². The number of benzene rings is 2. The van der Waals surface area contributed by atoms with E-state index in [-0.39, 0.29) is 36.2 Å². The molecule has 2 heterocycles. The molecule has 0 saturated heterocycles. The lowest BCUT2D eigenvalue weighted by atomic mass is 10.1. The number of nitro benzene ring substituents is 1. The fourth-order valence-corrected chi connectivity index (χ4v) is 3.23. The number of carbonyl (C=O) groups excluding carboxylic acids is 2. The van der Waals surface area contributed by atoms with Gasteiger partial charge in [-0.1, -0.05) is 12.1 Å². The number of aromatic nitrogens is 1. The van der Waals surface area contributed by atoms with Crippen LogP contribution in [-0.2, 0) is 4.74 Å². The number of amides is 2. The zero-order valence-electron chi connectivity index (χ0n) is 16.2. The Hall–Kier alpha value is -4.41. The number of urea groups is 1. The molecule has 0 atom stereocenters. The summed E-state index contributed by atoms with van der Waals surface area (Å²) in [4.78, 5) is 41.2. The number of esters is 1. The van der Waals surface area contributed by atoms with Crippen molar-refractivity contribution in [2.45, 2.75) is 6.92 Å². The summed E-state index contributed by atoms with van der Waals surface area (Å²) >= 11 is 0. The maximum absolute atomic E-state index is 12.7. The lowest BCUT2D eigenvalue weighted by Crippen LogP contribution is -2.34. The highest BCUT2D eigenvalue weighted by Crippen LogP contribution is 2.39. The summed E-state index contributed by atoms with van der Waals surface area (Å²) in [6.45, 7) is 1.73. The van der Waals surface area contributed by atoms with Crippen molar-refractivity contribution in [1.82, 2.24) is 4.98 Å². The lowest BCUT2D eigenvalue weighted by molar-refractivity contribution is -0.384. The normalized spacial score (nSPS) is 11.9. The van der Waals surface area contributed by atoms with Crippen LogP contribution in [0.25, 0.3) is 10.9 Å². The summed E-state index contributed by atoms with van der Waals surface area (Å²) in [5.41, 5.74) is 5.31. The monoisotopic (exact) mass is 424 g/mol. The van der Waals surface area contributed by atoms with Crippen LogP contribution in [0.5, 0.6) is 11.5 Å². The van der Waals surface area contributed by atoms with Crippen molar-refractivity contribution < 1.29 is 28.7 Å². The average molecular weight is 424 g/mol. The molecule has 0 aliphatic carbocycles. The Morgan fingerprint density at radius 3 is 2.61 bits per heavy atom. The van der Waals surface area contributed by atoms with Crippen molar-refractivity contribution in [2.75, 3.05) is 18.3 Å². The van der Waals surface area contributed by atoms with E-state index in [1.165, 1.54) is 30.3 Å². The number of nitrogens with zero attached hydrogens (tertiary/aromatic N) is 3. The smallest absolute Gasteiger partial charge is 0.341 e. The van der Waals surface area contributed by atoms with Crippen LogP contribution in [0, 0.1) is 10.1 Å². The minimum absolute atomic E-state index is 0.0346. The first kappa shape index (κ1) is 19.9. The predicted molar refractivity (Wildman–Crippen MR) is 109 cm³/mol. The van der Waals surface area contributed by atoms with Crippen LogP contribution in [0.15, 0.2) is 42.5 Å². The number of nitrogens with two attached hydrogens (primary N) is 1. The van der Waals surface area contributed by atoms with Crippen LogP contribution in [0.2, 0.25) is 0 Å². The number of nitro groups is 1. The largest absolute Gasteiger partial charge is 0.462 e. The highest BCUT2D eigenvalue weighted by Gasteiger charge is 2.30. The molecule has 1 aliphatic heterocycles. The third-order valence-corrected chi connectivity index (χ3v) is 4.54. The summed E-state index contributed by atoms with van der Waals surface area (Å²) in [7, 11) is 0. The second kappa shape index (κ2) is 7.78. The van der Waals surface area contributed by atoms with Gasteiger partial charge in [0.15, 0.2) is 17.3 Å². The van der Waals surface area contributed by atoms with E-state index in [0.29, 0.717) is 22.4 Å². The third kappa shape index (κ3) is 3.52. The van der Waals surface area contributed by atoms with Crippen LogP contribution < -0.4 is 20.1 Å². The summed E-state index contributed by atoms with van der Waals surface area (Å²) in [5, 5.41) is 12.0. The molecule has 1 aromatic heterocycles. The molecule has 2 aromatic carbocycles. The number of carbonyl (C=O) groups is 2. The third-order valence-electron chi connectivity index (χ3n) is 4.54. The van der Waals surface area contributed by atoms with E-state index in [9.17, 15) is 19.7 Å². The number of fused-ring (bicyclic) bond motifs is 2. The standard InChI is InChI=1S/C20H16N4O7/c1-2-29-19(25)12-7-11-8-16-17(31-10-30-16)9-13(11)22-18(12)23(20(21)26)14-5-3-4-6-15(14)24(27)28/h3-9H,2,10H2,1H3,(H2,21,26). The van der Waals surface area contributed by atoms with Gasteiger partial charge in [0.2, 0.25) is 6.79 Å². The van der Waals surface area contributed by atoms with Gasteiger partial charge in [0.1, 0.15) is 11.3 Å². The Kier molecular flexibility index (Phi) is 4.99. The van der Waals surface area contributed by atoms with Crippen LogP contribution in [-0.4, -0.2) is 35.3 Å². The molecule has 3 aromatic rings. The number of hydrogen-bond acceptors (Lipinski definition) is 8. The van der Waals surface area contributed by atoms with Crippen LogP contribution in [0.4, 0.5) is 22.0 Å². The molecule has 158 valence electrons. The fraction of sp³-hybridized carbons (Fsp3) is 0.150. The molecule has 2 N–H and O–H groups in total. The maximum Gasteiger partial charge on any atom is 0.341 e. The fourth-order valence-electron chi connectivity index (χ4n) is 3.23. The molecule has 11 heteroatoms. The van der Waals surface area contributed by atoms with Crippen LogP contribution >= 0.6 is 0 Å². The van der Waals surface area contributed by atoms with E-state index in [4.69, 9.17) is 19.9 Å². The van der Waals surface area contributed by atoms with Crippen molar-refractivity contribution in [3.63, 3.8) is 0 Å². The van der Waals surface area contributed by atoms with Gasteiger partial charge in [0.05, 0.1) is 17.0 Å². The molecule has 0 saturated carbocycles. The van der Waals surface area contributed by atoms with Gasteiger partial charge in [0, 0.05) is 17.5 Å². The number of ether oxygens (including phenoxy) is 3. The average Bonchev–Trinajstić information content (AvgIpc) is 3.19. The number of hydrogen-bond donors (Lipinski definition) is 1. The molecule has 0 bridgehead atoms. The number of para-hydroxylation sites is 2. The molecule has 4 rings (SSSR count). The first-order valence-electron chi connectivity index (χ1n) is 9.15. The topological polar surface area (TPSA) is 147 Å². The molecule has 0 spiro atoms. The molecule has 0 radical (unpaired) electrons. The summed E-state index contributed by atoms with van der Waals surface area (Å²) < 4.78 is 15.8. The molecule has 1 aliphatic rings. The van der Waals surface area contributed by atoms with Crippen molar-refractivity contribution in [3.05, 3.63) is 58.1 Å². The molecular formula is C20H16N4O7. The summed E-state index contributed by atoms with van der Waals surface area (Å²) in [5.74, 6) is -0.0607. The van der Waals surface area contributed by atoms with E-state index in [1.54, 1.807) is 19.1 Å². The minimum atomic E-state index is -1.06. The van der Waals surface area contributed by atoms with E-state index in [1.807, 2.05) is 0 Å². The molecule has 0 unspecified atom stereocenters. The first-order valence-corrected chi connectivity index (χ1v) is 9.15. The molecule has 2 amide bonds. The lowest BCUT2D eigenvalue weighted by Gasteiger charge is -2.22. The van der Waals surface area contributed by atoms with Crippen LogP contribution in [0.1, 0.15) is 17.3 Å². The highest BCUT2D eigenvalue weighted by molar-refractivity contribution is 6.08. The van der Waals surface area contributed by atoms with Crippen molar-refractivity contribution in [2.24, 2.45) is 5.73 Å². The highest BCUT2D eigenvalue weighted by atomic mass is 16.7. The Morgan fingerprint density at radius 1 is 1.23 bits per heavy atom. The second-order valence-electron chi connectivity index (χ2n) is 6.40. The van der Waals surface area contributed by atoms with E-state index in [0.717, 1.165) is 4.90 Å². The Balaban J connectivity index is 1.99. The van der Waals surface area contributed by atoms with Gasteiger partial charge in [-0.3, -0.25) is 10.1 Å². The summed E-state index contributed by atoms with van der Waals surface area (Å²) in [6.07, 6.45) is 0. The minimum Gasteiger partial charge on any atom is -0.462 e. The number of rotatable bonds is 5. The van der Waals surface area contributed by atoms with E-state index >= 15 is 0 Å². The van der Waals surface area contributed by atoms with Gasteiger partial charge >= 0.3 is 12.0 Å². The van der Waals surface area contributed by atoms with Gasteiger partial charge in [0.25, 0.3) is 5.69 Å². The summed E-state index contributed by atoms with van der Waals surface area (Å²) in [6, 6.07) is 9.11. The Bertz CT molecular complexity index is 1230. The maximum atomic E-state index is 12.7. The van der Waals surface area contributed by atoms with E-state index in [2.05, 4.69) is 4.98 Å². The Labute approximate surface area is 175 Å². The molecular weight excluding hydrogens is 408 g/mol. The molecule has 0 fully saturated rings. The number of primary amides is 1. The van der Waals surface area contributed by atoms with Crippen LogP contribution in [0.3, 0.4) is 0 Å². The Morgan fingerprint density at radius 2 is 1.94 bits per heavy atom. The van der Waals surface area contributed by atoms with Gasteiger partial charge in [-0.15, -0.1) is 0 Å². The quantitative estimate of drug-likeness (QED) is 0.373. The van der Waals surface area contributed by atoms with Crippen molar-refractivity contribution >= 4 is 40.1 Å². The zero-order chi connectivity index (χ0) is 22.1. The number of pyridine rings is 1. The SMILES string of the molecule is CCOC(=O)c1cc2cc3c(cc2nc1N(C(N)=O)c1ccccc1[N+](=O)[O-])OCO3.